The average Bonchev–Trinajstić information content (AvgIpc) is 2.86. The number of hydrogen-bond donors (Lipinski definition) is 0. The molecule has 2 rings (SSSR count). The van der Waals surface area contributed by atoms with Gasteiger partial charge in [-0.1, -0.05) is 19.9 Å². The highest BCUT2D eigenvalue weighted by atomic mass is 32.1. The molecule has 3 heteroatoms. The molecule has 19 heavy (non-hydrogen) atoms. The Labute approximate surface area is 120 Å². The SMILES string of the molecule is CC1CC(=O)C(CN(C)C(C)c2cccs2)C(C)C1. The van der Waals surface area contributed by atoms with E-state index in [1.54, 1.807) is 11.3 Å². The van der Waals surface area contributed by atoms with E-state index in [4.69, 9.17) is 0 Å². The zero-order valence-electron chi connectivity index (χ0n) is 12.4. The van der Waals surface area contributed by atoms with Crippen molar-refractivity contribution in [3.05, 3.63) is 22.4 Å². The minimum atomic E-state index is 0.226. The van der Waals surface area contributed by atoms with Gasteiger partial charge in [0.1, 0.15) is 5.78 Å². The van der Waals surface area contributed by atoms with Crippen LogP contribution in [0.3, 0.4) is 0 Å². The quantitative estimate of drug-likeness (QED) is 0.830. The molecule has 1 heterocycles. The zero-order valence-corrected chi connectivity index (χ0v) is 13.2. The lowest BCUT2D eigenvalue weighted by Gasteiger charge is -2.35. The van der Waals surface area contributed by atoms with Gasteiger partial charge in [-0.15, -0.1) is 11.3 Å². The van der Waals surface area contributed by atoms with Gasteiger partial charge in [-0.25, -0.2) is 0 Å². The van der Waals surface area contributed by atoms with Gasteiger partial charge >= 0.3 is 0 Å². The lowest BCUT2D eigenvalue weighted by molar-refractivity contribution is -0.128. The largest absolute Gasteiger partial charge is 0.299 e. The Kier molecular flexibility index (Phi) is 4.80. The minimum absolute atomic E-state index is 0.226. The molecule has 0 spiro atoms. The Morgan fingerprint density at radius 3 is 2.79 bits per heavy atom. The molecule has 1 fully saturated rings. The van der Waals surface area contributed by atoms with Crippen molar-refractivity contribution in [3.8, 4) is 0 Å². The molecule has 1 aromatic heterocycles. The van der Waals surface area contributed by atoms with Crippen molar-refractivity contribution in [1.82, 2.24) is 4.90 Å². The van der Waals surface area contributed by atoms with Crippen molar-refractivity contribution in [2.75, 3.05) is 13.6 Å². The van der Waals surface area contributed by atoms with Gasteiger partial charge in [0.25, 0.3) is 0 Å². The fraction of sp³-hybridized carbons (Fsp3) is 0.688. The highest BCUT2D eigenvalue weighted by Crippen LogP contribution is 2.33. The molecule has 1 aliphatic rings. The second-order valence-corrected chi connectivity index (χ2v) is 7.21. The molecule has 2 nitrogen and oxygen atoms in total. The van der Waals surface area contributed by atoms with Gasteiger partial charge in [-0.05, 0) is 43.7 Å². The molecule has 0 N–H and O–H groups in total. The van der Waals surface area contributed by atoms with E-state index in [9.17, 15) is 4.79 Å². The Hall–Kier alpha value is -0.670. The van der Waals surface area contributed by atoms with E-state index < -0.39 is 0 Å². The first-order valence-electron chi connectivity index (χ1n) is 7.25. The summed E-state index contributed by atoms with van der Waals surface area (Å²) in [6, 6.07) is 4.68. The van der Waals surface area contributed by atoms with Crippen LogP contribution in [0.25, 0.3) is 0 Å². The summed E-state index contributed by atoms with van der Waals surface area (Å²) in [7, 11) is 2.14. The van der Waals surface area contributed by atoms with E-state index in [0.717, 1.165) is 13.0 Å². The standard InChI is InChI=1S/C16H25NOS/c1-11-8-12(2)14(15(18)9-11)10-17(4)13(3)16-6-5-7-19-16/h5-7,11-14H,8-10H2,1-4H3. The molecule has 4 atom stereocenters. The maximum absolute atomic E-state index is 12.2. The van der Waals surface area contributed by atoms with Crippen LogP contribution in [0.5, 0.6) is 0 Å². The number of Topliss-reactive ketones (excluding diaryl/α,β-unsaturated/α-hetero) is 1. The Morgan fingerprint density at radius 2 is 2.21 bits per heavy atom. The average molecular weight is 279 g/mol. The zero-order chi connectivity index (χ0) is 14.0. The normalized spacial score (nSPS) is 29.7. The molecule has 106 valence electrons. The van der Waals surface area contributed by atoms with Gasteiger partial charge in [0.05, 0.1) is 0 Å². The van der Waals surface area contributed by atoms with Crippen LogP contribution in [0.4, 0.5) is 0 Å². The Morgan fingerprint density at radius 1 is 1.47 bits per heavy atom. The number of carbonyl (C=O) groups is 1. The number of carbonyl (C=O) groups excluding carboxylic acids is 1. The molecular weight excluding hydrogens is 254 g/mol. The smallest absolute Gasteiger partial charge is 0.137 e. The van der Waals surface area contributed by atoms with Crippen LogP contribution in [-0.4, -0.2) is 24.3 Å². The first kappa shape index (κ1) is 14.7. The summed E-state index contributed by atoms with van der Waals surface area (Å²) in [6.45, 7) is 7.56. The third kappa shape index (κ3) is 3.46. The number of hydrogen-bond acceptors (Lipinski definition) is 3. The molecule has 0 bridgehead atoms. The topological polar surface area (TPSA) is 20.3 Å². The van der Waals surface area contributed by atoms with Crippen LogP contribution in [0, 0.1) is 17.8 Å². The molecule has 4 unspecified atom stereocenters. The van der Waals surface area contributed by atoms with E-state index in [1.165, 1.54) is 11.3 Å². The summed E-state index contributed by atoms with van der Waals surface area (Å²) in [5, 5.41) is 2.12. The molecular formula is C16H25NOS. The summed E-state index contributed by atoms with van der Waals surface area (Å²) in [4.78, 5) is 16.0. The lowest BCUT2D eigenvalue weighted by Crippen LogP contribution is -2.39. The summed E-state index contributed by atoms with van der Waals surface area (Å²) >= 11 is 1.80. The predicted octanol–water partition coefficient (Wildman–Crippen LogP) is 3.99. The number of nitrogens with zero attached hydrogens (tertiary/aromatic N) is 1. The molecule has 1 saturated carbocycles. The maximum Gasteiger partial charge on any atom is 0.137 e. The highest BCUT2D eigenvalue weighted by molar-refractivity contribution is 7.10. The van der Waals surface area contributed by atoms with Crippen molar-refractivity contribution in [2.45, 2.75) is 39.7 Å². The van der Waals surface area contributed by atoms with Gasteiger partial charge in [0.15, 0.2) is 0 Å². The third-order valence-corrected chi connectivity index (χ3v) is 5.57. The molecule has 0 aromatic carbocycles. The van der Waals surface area contributed by atoms with Crippen LogP contribution in [-0.2, 0) is 4.79 Å². The Balaban J connectivity index is 1.98. The van der Waals surface area contributed by atoms with Crippen molar-refractivity contribution >= 4 is 17.1 Å². The van der Waals surface area contributed by atoms with E-state index in [1.807, 2.05) is 0 Å². The van der Waals surface area contributed by atoms with Crippen LogP contribution in [0.1, 0.15) is 44.5 Å². The predicted molar refractivity (Wildman–Crippen MR) is 81.4 cm³/mol. The number of ketones is 1. The molecule has 0 saturated heterocycles. The second-order valence-electron chi connectivity index (χ2n) is 6.23. The van der Waals surface area contributed by atoms with Gasteiger partial charge in [-0.3, -0.25) is 9.69 Å². The summed E-state index contributed by atoms with van der Waals surface area (Å²) in [5.41, 5.74) is 0. The molecule has 1 aliphatic carbocycles. The highest BCUT2D eigenvalue weighted by Gasteiger charge is 2.33. The van der Waals surface area contributed by atoms with E-state index in [2.05, 4.69) is 50.2 Å². The second kappa shape index (κ2) is 6.19. The van der Waals surface area contributed by atoms with E-state index in [-0.39, 0.29) is 5.92 Å². The van der Waals surface area contributed by atoms with Crippen LogP contribution < -0.4 is 0 Å². The van der Waals surface area contributed by atoms with Crippen molar-refractivity contribution < 1.29 is 4.79 Å². The van der Waals surface area contributed by atoms with Gasteiger partial charge < -0.3 is 0 Å². The molecule has 0 amide bonds. The first-order chi connectivity index (χ1) is 8.99. The molecule has 0 aliphatic heterocycles. The summed E-state index contributed by atoms with van der Waals surface area (Å²) < 4.78 is 0. The Bertz CT molecular complexity index is 414. The van der Waals surface area contributed by atoms with Crippen LogP contribution >= 0.6 is 11.3 Å². The van der Waals surface area contributed by atoms with Crippen LogP contribution in [0.2, 0.25) is 0 Å². The monoisotopic (exact) mass is 279 g/mol. The van der Waals surface area contributed by atoms with Crippen molar-refractivity contribution in [2.24, 2.45) is 17.8 Å². The van der Waals surface area contributed by atoms with E-state index in [0.29, 0.717) is 23.7 Å². The van der Waals surface area contributed by atoms with E-state index >= 15 is 0 Å². The fourth-order valence-electron chi connectivity index (χ4n) is 3.19. The maximum atomic E-state index is 12.2. The van der Waals surface area contributed by atoms with Gasteiger partial charge in [-0.2, -0.15) is 0 Å². The molecule has 0 radical (unpaired) electrons. The summed E-state index contributed by atoms with van der Waals surface area (Å²) in [6.07, 6.45) is 1.97. The number of thiophene rings is 1. The summed E-state index contributed by atoms with van der Waals surface area (Å²) in [5.74, 6) is 1.79. The number of rotatable bonds is 4. The third-order valence-electron chi connectivity index (χ3n) is 4.53. The lowest BCUT2D eigenvalue weighted by atomic mass is 9.74. The van der Waals surface area contributed by atoms with Gasteiger partial charge in [0.2, 0.25) is 0 Å². The van der Waals surface area contributed by atoms with Crippen LogP contribution in [0.15, 0.2) is 17.5 Å². The van der Waals surface area contributed by atoms with Crippen molar-refractivity contribution in [1.29, 1.82) is 0 Å². The van der Waals surface area contributed by atoms with Crippen molar-refractivity contribution in [3.63, 3.8) is 0 Å². The minimum Gasteiger partial charge on any atom is -0.299 e. The van der Waals surface area contributed by atoms with Gasteiger partial charge in [0, 0.05) is 29.8 Å². The fourth-order valence-corrected chi connectivity index (χ4v) is 4.04. The molecule has 1 aromatic rings. The first-order valence-corrected chi connectivity index (χ1v) is 8.13.